The van der Waals surface area contributed by atoms with Crippen molar-refractivity contribution in [3.63, 3.8) is 0 Å². The quantitative estimate of drug-likeness (QED) is 0.791. The zero-order valence-corrected chi connectivity index (χ0v) is 7.69. The Morgan fingerprint density at radius 2 is 2.25 bits per heavy atom. The topological polar surface area (TPSA) is 50.4 Å². The van der Waals surface area contributed by atoms with Gasteiger partial charge in [0.1, 0.15) is 6.61 Å². The second kappa shape index (κ2) is 2.84. The third-order valence-corrected chi connectivity index (χ3v) is 2.05. The van der Waals surface area contributed by atoms with E-state index in [4.69, 9.17) is 5.11 Å². The highest BCUT2D eigenvalue weighted by Gasteiger charge is 2.02. The summed E-state index contributed by atoms with van der Waals surface area (Å²) in [6.07, 6.45) is 1.82. The second-order valence-electron chi connectivity index (χ2n) is 2.35. The molecule has 0 radical (unpaired) electrons. The van der Waals surface area contributed by atoms with Gasteiger partial charge in [-0.15, -0.1) is 10.2 Å². The van der Waals surface area contributed by atoms with Crippen LogP contribution >= 0.6 is 15.9 Å². The van der Waals surface area contributed by atoms with Gasteiger partial charge in [-0.2, -0.15) is 0 Å². The maximum absolute atomic E-state index is 8.88. The standard InChI is InChI=1S/C7H6BrN3O/c8-5-1-2-6-9-10-7(4-12)11(6)3-5/h1-3,12H,4H2. The molecule has 0 saturated carbocycles. The molecule has 2 heterocycles. The lowest BCUT2D eigenvalue weighted by Gasteiger charge is -1.95. The lowest BCUT2D eigenvalue weighted by molar-refractivity contribution is 0.270. The normalized spacial score (nSPS) is 10.8. The van der Waals surface area contributed by atoms with Crippen molar-refractivity contribution < 1.29 is 5.11 Å². The fraction of sp³-hybridized carbons (Fsp3) is 0.143. The van der Waals surface area contributed by atoms with Crippen molar-refractivity contribution in [3.05, 3.63) is 28.6 Å². The number of halogens is 1. The predicted octanol–water partition coefficient (Wildman–Crippen LogP) is 0.984. The minimum absolute atomic E-state index is 0.0996. The average Bonchev–Trinajstić information content (AvgIpc) is 2.46. The fourth-order valence-corrected chi connectivity index (χ4v) is 1.36. The highest BCUT2D eigenvalue weighted by atomic mass is 79.9. The first-order valence-corrected chi connectivity index (χ1v) is 4.20. The highest BCUT2D eigenvalue weighted by Crippen LogP contribution is 2.11. The lowest BCUT2D eigenvalue weighted by Crippen LogP contribution is -1.93. The molecule has 4 nitrogen and oxygen atoms in total. The van der Waals surface area contributed by atoms with E-state index in [1.165, 1.54) is 0 Å². The summed E-state index contributed by atoms with van der Waals surface area (Å²) in [6.45, 7) is -0.0996. The number of nitrogens with zero attached hydrogens (tertiary/aromatic N) is 3. The Bertz CT molecular complexity index is 412. The Kier molecular flexibility index (Phi) is 1.82. The summed E-state index contributed by atoms with van der Waals surface area (Å²) in [4.78, 5) is 0. The smallest absolute Gasteiger partial charge is 0.163 e. The fourth-order valence-electron chi connectivity index (χ4n) is 1.02. The summed E-state index contributed by atoms with van der Waals surface area (Å²) in [5, 5.41) is 16.5. The average molecular weight is 228 g/mol. The number of aliphatic hydroxyl groups is 1. The van der Waals surface area contributed by atoms with Gasteiger partial charge in [-0.3, -0.25) is 4.40 Å². The molecular weight excluding hydrogens is 222 g/mol. The molecule has 0 aromatic carbocycles. The van der Waals surface area contributed by atoms with Crippen LogP contribution in [0.2, 0.25) is 0 Å². The number of pyridine rings is 1. The van der Waals surface area contributed by atoms with Gasteiger partial charge in [-0.05, 0) is 28.1 Å². The van der Waals surface area contributed by atoms with E-state index in [-0.39, 0.29) is 6.61 Å². The van der Waals surface area contributed by atoms with E-state index < -0.39 is 0 Å². The molecule has 0 atom stereocenters. The van der Waals surface area contributed by atoms with Gasteiger partial charge in [0, 0.05) is 10.7 Å². The molecule has 0 saturated heterocycles. The highest BCUT2D eigenvalue weighted by molar-refractivity contribution is 9.10. The molecule has 0 spiro atoms. The number of aliphatic hydroxyl groups excluding tert-OH is 1. The first-order chi connectivity index (χ1) is 5.81. The van der Waals surface area contributed by atoms with Gasteiger partial charge in [0.25, 0.3) is 0 Å². The van der Waals surface area contributed by atoms with Crippen LogP contribution in [0.1, 0.15) is 5.82 Å². The Morgan fingerprint density at radius 3 is 3.00 bits per heavy atom. The first-order valence-electron chi connectivity index (χ1n) is 3.41. The van der Waals surface area contributed by atoms with Crippen LogP contribution in [0.3, 0.4) is 0 Å². The van der Waals surface area contributed by atoms with E-state index in [1.54, 1.807) is 4.40 Å². The lowest BCUT2D eigenvalue weighted by atomic mass is 10.5. The van der Waals surface area contributed by atoms with E-state index in [0.29, 0.717) is 5.82 Å². The van der Waals surface area contributed by atoms with Crippen LogP contribution in [0.25, 0.3) is 5.65 Å². The van der Waals surface area contributed by atoms with Gasteiger partial charge in [-0.25, -0.2) is 0 Å². The van der Waals surface area contributed by atoms with Gasteiger partial charge in [0.05, 0.1) is 0 Å². The zero-order chi connectivity index (χ0) is 8.55. The Balaban J connectivity index is 2.75. The van der Waals surface area contributed by atoms with Crippen molar-refractivity contribution in [2.75, 3.05) is 0 Å². The van der Waals surface area contributed by atoms with Crippen molar-refractivity contribution in [1.82, 2.24) is 14.6 Å². The van der Waals surface area contributed by atoms with E-state index in [0.717, 1.165) is 10.1 Å². The molecule has 2 aromatic heterocycles. The number of rotatable bonds is 1. The molecule has 12 heavy (non-hydrogen) atoms. The van der Waals surface area contributed by atoms with Gasteiger partial charge in [0.2, 0.25) is 0 Å². The Hall–Kier alpha value is -0.940. The molecule has 0 bridgehead atoms. The summed E-state index contributed by atoms with van der Waals surface area (Å²) < 4.78 is 2.67. The van der Waals surface area contributed by atoms with Crippen molar-refractivity contribution >= 4 is 21.6 Å². The molecule has 0 aliphatic rings. The number of aromatic nitrogens is 3. The second-order valence-corrected chi connectivity index (χ2v) is 3.27. The molecule has 5 heteroatoms. The van der Waals surface area contributed by atoms with Crippen LogP contribution in [0.4, 0.5) is 0 Å². The summed E-state index contributed by atoms with van der Waals surface area (Å²) in [5.41, 5.74) is 0.738. The molecule has 2 aromatic rings. The molecule has 0 unspecified atom stereocenters. The molecule has 0 amide bonds. The maximum atomic E-state index is 8.88. The van der Waals surface area contributed by atoms with Crippen molar-refractivity contribution in [2.45, 2.75) is 6.61 Å². The minimum atomic E-state index is -0.0996. The number of hydrogen-bond acceptors (Lipinski definition) is 3. The van der Waals surface area contributed by atoms with Crippen molar-refractivity contribution in [3.8, 4) is 0 Å². The first kappa shape index (κ1) is 7.70. The van der Waals surface area contributed by atoms with E-state index >= 15 is 0 Å². The summed E-state index contributed by atoms with van der Waals surface area (Å²) in [6, 6.07) is 3.71. The molecule has 0 fully saturated rings. The van der Waals surface area contributed by atoms with Gasteiger partial charge in [-0.1, -0.05) is 0 Å². The predicted molar refractivity (Wildman–Crippen MR) is 46.6 cm³/mol. The SMILES string of the molecule is OCc1nnc2ccc(Br)cn12. The van der Waals surface area contributed by atoms with Crippen LogP contribution < -0.4 is 0 Å². The van der Waals surface area contributed by atoms with E-state index in [9.17, 15) is 0 Å². The molecule has 0 aliphatic carbocycles. The van der Waals surface area contributed by atoms with Crippen LogP contribution in [0.15, 0.2) is 22.8 Å². The number of hydrogen-bond donors (Lipinski definition) is 1. The Labute approximate surface area is 77.0 Å². The summed E-state index contributed by atoms with van der Waals surface area (Å²) in [7, 11) is 0. The van der Waals surface area contributed by atoms with E-state index in [1.807, 2.05) is 18.3 Å². The monoisotopic (exact) mass is 227 g/mol. The minimum Gasteiger partial charge on any atom is -0.388 e. The third kappa shape index (κ3) is 1.11. The maximum Gasteiger partial charge on any atom is 0.163 e. The molecular formula is C7H6BrN3O. The third-order valence-electron chi connectivity index (χ3n) is 1.58. The summed E-state index contributed by atoms with van der Waals surface area (Å²) >= 11 is 3.32. The zero-order valence-electron chi connectivity index (χ0n) is 6.11. The van der Waals surface area contributed by atoms with Crippen molar-refractivity contribution in [2.24, 2.45) is 0 Å². The van der Waals surface area contributed by atoms with Gasteiger partial charge >= 0.3 is 0 Å². The van der Waals surface area contributed by atoms with Crippen LogP contribution in [0, 0.1) is 0 Å². The molecule has 2 rings (SSSR count). The summed E-state index contributed by atoms with van der Waals surface area (Å²) in [5.74, 6) is 0.548. The molecule has 62 valence electrons. The Morgan fingerprint density at radius 1 is 1.42 bits per heavy atom. The van der Waals surface area contributed by atoms with E-state index in [2.05, 4.69) is 26.1 Å². The van der Waals surface area contributed by atoms with Gasteiger partial charge in [0.15, 0.2) is 11.5 Å². The molecule has 0 aliphatic heterocycles. The van der Waals surface area contributed by atoms with Crippen LogP contribution in [-0.4, -0.2) is 19.7 Å². The van der Waals surface area contributed by atoms with Crippen LogP contribution in [-0.2, 0) is 6.61 Å². The number of fused-ring (bicyclic) bond motifs is 1. The van der Waals surface area contributed by atoms with Crippen molar-refractivity contribution in [1.29, 1.82) is 0 Å². The molecule has 1 N–H and O–H groups in total. The van der Waals surface area contributed by atoms with Gasteiger partial charge < -0.3 is 5.11 Å². The largest absolute Gasteiger partial charge is 0.388 e. The van der Waals surface area contributed by atoms with Crippen LogP contribution in [0.5, 0.6) is 0 Å².